The second-order valence-corrected chi connectivity index (χ2v) is 11.8. The molecule has 0 aliphatic rings. The number of nitrogens with zero attached hydrogens (tertiary/aromatic N) is 2. The molecule has 9 heteroatoms. The van der Waals surface area contributed by atoms with Gasteiger partial charge in [-0.25, -0.2) is 8.42 Å². The minimum absolute atomic E-state index is 0.0507. The van der Waals surface area contributed by atoms with E-state index < -0.39 is 28.5 Å². The molecule has 0 spiro atoms. The van der Waals surface area contributed by atoms with Gasteiger partial charge in [-0.1, -0.05) is 80.6 Å². The summed E-state index contributed by atoms with van der Waals surface area (Å²) in [5.74, 6) is 0.394. The lowest BCUT2D eigenvalue weighted by Crippen LogP contribution is -2.52. The van der Waals surface area contributed by atoms with Crippen LogP contribution in [0.25, 0.3) is 0 Å². The highest BCUT2D eigenvalue weighted by Crippen LogP contribution is 2.28. The lowest BCUT2D eigenvalue weighted by Gasteiger charge is -2.33. The molecule has 4 aromatic carbocycles. The summed E-state index contributed by atoms with van der Waals surface area (Å²) < 4.78 is 34.9. The standard InChI is InChI=1S/C34H37N3O5S/c1-3-24-35-34(39)32(4-2)36(25-27-14-8-5-9-15-27)33(38)26-37(43(40,41)31-18-12-7-13-19-31)28-20-22-30(23-21-28)42-29-16-10-6-11-17-29/h5-23,32H,3-4,24-26H2,1-2H3,(H,35,39). The minimum atomic E-state index is -4.15. The SMILES string of the molecule is CCCNC(=O)C(CC)N(Cc1ccccc1)C(=O)CN(c1ccc(Oc2ccccc2)cc1)S(=O)(=O)c1ccccc1. The van der Waals surface area contributed by atoms with Gasteiger partial charge in [-0.3, -0.25) is 13.9 Å². The Kier molecular flexibility index (Phi) is 10.9. The lowest BCUT2D eigenvalue weighted by atomic mass is 10.1. The molecule has 224 valence electrons. The first kappa shape index (κ1) is 31.3. The van der Waals surface area contributed by atoms with Gasteiger partial charge in [0.15, 0.2) is 0 Å². The number of anilines is 1. The summed E-state index contributed by atoms with van der Waals surface area (Å²) in [6, 6.07) is 32.4. The number of carbonyl (C=O) groups excluding carboxylic acids is 2. The molecule has 1 atom stereocenters. The molecule has 2 amide bonds. The second kappa shape index (κ2) is 15.0. The van der Waals surface area contributed by atoms with E-state index in [-0.39, 0.29) is 17.3 Å². The zero-order valence-corrected chi connectivity index (χ0v) is 25.2. The van der Waals surface area contributed by atoms with Crippen LogP contribution in [0.5, 0.6) is 11.5 Å². The topological polar surface area (TPSA) is 96.0 Å². The zero-order valence-electron chi connectivity index (χ0n) is 24.4. The number of para-hydroxylation sites is 1. The summed E-state index contributed by atoms with van der Waals surface area (Å²) in [7, 11) is -4.15. The van der Waals surface area contributed by atoms with Gasteiger partial charge in [0.1, 0.15) is 24.1 Å². The Morgan fingerprint density at radius 2 is 1.33 bits per heavy atom. The van der Waals surface area contributed by atoms with Crippen molar-refractivity contribution in [1.82, 2.24) is 10.2 Å². The highest BCUT2D eigenvalue weighted by Gasteiger charge is 2.33. The van der Waals surface area contributed by atoms with Crippen LogP contribution in [0.2, 0.25) is 0 Å². The molecule has 1 unspecified atom stereocenters. The van der Waals surface area contributed by atoms with Crippen LogP contribution in [0.4, 0.5) is 5.69 Å². The van der Waals surface area contributed by atoms with E-state index in [0.717, 1.165) is 16.3 Å². The molecule has 8 nitrogen and oxygen atoms in total. The van der Waals surface area contributed by atoms with Crippen LogP contribution < -0.4 is 14.4 Å². The Bertz CT molecular complexity index is 1570. The Balaban J connectivity index is 1.69. The number of benzene rings is 4. The van der Waals surface area contributed by atoms with Crippen molar-refractivity contribution in [2.24, 2.45) is 0 Å². The van der Waals surface area contributed by atoms with Crippen LogP contribution in [-0.2, 0) is 26.2 Å². The van der Waals surface area contributed by atoms with E-state index >= 15 is 0 Å². The molecule has 0 radical (unpaired) electrons. The third-order valence-corrected chi connectivity index (χ3v) is 8.63. The molecule has 4 rings (SSSR count). The predicted octanol–water partition coefficient (Wildman–Crippen LogP) is 6.01. The van der Waals surface area contributed by atoms with Gasteiger partial charge in [0.25, 0.3) is 10.0 Å². The fraction of sp³-hybridized carbons (Fsp3) is 0.235. The highest BCUT2D eigenvalue weighted by atomic mass is 32.2. The van der Waals surface area contributed by atoms with E-state index in [9.17, 15) is 18.0 Å². The summed E-state index contributed by atoms with van der Waals surface area (Å²) in [6.45, 7) is 3.93. The van der Waals surface area contributed by atoms with E-state index in [2.05, 4.69) is 5.32 Å². The maximum atomic E-state index is 14.1. The van der Waals surface area contributed by atoms with E-state index in [1.807, 2.05) is 74.5 Å². The fourth-order valence-corrected chi connectivity index (χ4v) is 6.05. The van der Waals surface area contributed by atoms with Crippen LogP contribution in [0.1, 0.15) is 32.3 Å². The van der Waals surface area contributed by atoms with Crippen LogP contribution in [0.15, 0.2) is 120 Å². The smallest absolute Gasteiger partial charge is 0.264 e. The highest BCUT2D eigenvalue weighted by molar-refractivity contribution is 7.92. The van der Waals surface area contributed by atoms with Gasteiger partial charge < -0.3 is 15.0 Å². The first-order valence-electron chi connectivity index (χ1n) is 14.3. The van der Waals surface area contributed by atoms with E-state index in [4.69, 9.17) is 4.74 Å². The molecule has 0 aromatic heterocycles. The number of amides is 2. The quantitative estimate of drug-likeness (QED) is 0.192. The Hall–Kier alpha value is -4.63. The maximum Gasteiger partial charge on any atom is 0.264 e. The van der Waals surface area contributed by atoms with Crippen molar-refractivity contribution in [3.8, 4) is 11.5 Å². The molecule has 0 saturated heterocycles. The number of hydrogen-bond donors (Lipinski definition) is 1. The second-order valence-electron chi connectivity index (χ2n) is 9.96. The first-order valence-corrected chi connectivity index (χ1v) is 15.8. The van der Waals surface area contributed by atoms with Crippen molar-refractivity contribution in [2.45, 2.75) is 44.2 Å². The summed E-state index contributed by atoms with van der Waals surface area (Å²) in [5.41, 5.74) is 1.12. The van der Waals surface area contributed by atoms with Crippen LogP contribution >= 0.6 is 0 Å². The van der Waals surface area contributed by atoms with Gasteiger partial charge in [-0.2, -0.15) is 0 Å². The Labute approximate surface area is 254 Å². The molecule has 0 bridgehead atoms. The third-order valence-electron chi connectivity index (χ3n) is 6.84. The molecule has 4 aromatic rings. The summed E-state index contributed by atoms with van der Waals surface area (Å²) in [4.78, 5) is 28.8. The van der Waals surface area contributed by atoms with Crippen molar-refractivity contribution in [1.29, 1.82) is 0 Å². The molecular formula is C34H37N3O5S. The normalized spacial score (nSPS) is 11.8. The summed E-state index contributed by atoms with van der Waals surface area (Å²) in [5, 5.41) is 2.89. The predicted molar refractivity (Wildman–Crippen MR) is 168 cm³/mol. The van der Waals surface area contributed by atoms with E-state index in [1.165, 1.54) is 17.0 Å². The van der Waals surface area contributed by atoms with Crippen LogP contribution in [0.3, 0.4) is 0 Å². The number of ether oxygens (including phenoxy) is 1. The third kappa shape index (κ3) is 8.23. The fourth-order valence-electron chi connectivity index (χ4n) is 4.62. The van der Waals surface area contributed by atoms with Gasteiger partial charge >= 0.3 is 0 Å². The van der Waals surface area contributed by atoms with Gasteiger partial charge in [0.05, 0.1) is 10.6 Å². The molecule has 0 heterocycles. The van der Waals surface area contributed by atoms with E-state index in [0.29, 0.717) is 30.2 Å². The number of carbonyl (C=O) groups is 2. The van der Waals surface area contributed by atoms with Crippen molar-refractivity contribution in [2.75, 3.05) is 17.4 Å². The van der Waals surface area contributed by atoms with Gasteiger partial charge in [0.2, 0.25) is 11.8 Å². The Morgan fingerprint density at radius 1 is 0.767 bits per heavy atom. The van der Waals surface area contributed by atoms with Crippen LogP contribution in [0, 0.1) is 0 Å². The molecule has 1 N–H and O–H groups in total. The molecule has 43 heavy (non-hydrogen) atoms. The largest absolute Gasteiger partial charge is 0.457 e. The Morgan fingerprint density at radius 3 is 1.91 bits per heavy atom. The number of hydrogen-bond acceptors (Lipinski definition) is 5. The number of sulfonamides is 1. The molecule has 0 saturated carbocycles. The van der Waals surface area contributed by atoms with Crippen molar-refractivity contribution >= 4 is 27.5 Å². The molecule has 0 aliphatic heterocycles. The van der Waals surface area contributed by atoms with Gasteiger partial charge in [0, 0.05) is 13.1 Å². The first-order chi connectivity index (χ1) is 20.8. The van der Waals surface area contributed by atoms with Crippen molar-refractivity contribution in [3.63, 3.8) is 0 Å². The minimum Gasteiger partial charge on any atom is -0.457 e. The van der Waals surface area contributed by atoms with E-state index in [1.54, 1.807) is 42.5 Å². The molecule has 0 aliphatic carbocycles. The monoisotopic (exact) mass is 599 g/mol. The van der Waals surface area contributed by atoms with Crippen molar-refractivity contribution < 1.29 is 22.7 Å². The van der Waals surface area contributed by atoms with Gasteiger partial charge in [-0.15, -0.1) is 0 Å². The average Bonchev–Trinajstić information content (AvgIpc) is 3.04. The average molecular weight is 600 g/mol. The van der Waals surface area contributed by atoms with Gasteiger partial charge in [-0.05, 0) is 66.9 Å². The zero-order chi connectivity index (χ0) is 30.7. The summed E-state index contributed by atoms with van der Waals surface area (Å²) >= 11 is 0. The molecule has 0 fully saturated rings. The lowest BCUT2D eigenvalue weighted by molar-refractivity contribution is -0.140. The van der Waals surface area contributed by atoms with Crippen LogP contribution in [-0.4, -0.2) is 44.3 Å². The number of rotatable bonds is 14. The number of nitrogens with one attached hydrogen (secondary N) is 1. The summed E-state index contributed by atoms with van der Waals surface area (Å²) in [6.07, 6.45) is 1.12. The van der Waals surface area contributed by atoms with Crippen molar-refractivity contribution in [3.05, 3.63) is 121 Å². The maximum absolute atomic E-state index is 14.1. The molecular weight excluding hydrogens is 562 g/mol.